The van der Waals surface area contributed by atoms with E-state index in [4.69, 9.17) is 10.9 Å². The van der Waals surface area contributed by atoms with Crippen molar-refractivity contribution in [2.24, 2.45) is 15.9 Å². The molecule has 1 unspecified atom stereocenters. The maximum absolute atomic E-state index is 11.0. The van der Waals surface area contributed by atoms with Gasteiger partial charge in [0.1, 0.15) is 0 Å². The highest BCUT2D eigenvalue weighted by Gasteiger charge is 2.34. The molecule has 1 heterocycles. The number of amides is 1. The Morgan fingerprint density at radius 3 is 2.62 bits per heavy atom. The van der Waals surface area contributed by atoms with Crippen molar-refractivity contribution in [2.75, 3.05) is 13.6 Å². The van der Waals surface area contributed by atoms with E-state index < -0.39 is 20.6 Å². The SMILES string of the molecule is Br.CN1NC(S(N)(=O)=O)SC1=NC(=O)CN. The molecular weight excluding hydrogens is 322 g/mol. The fourth-order valence-corrected chi connectivity index (χ4v) is 2.68. The van der Waals surface area contributed by atoms with Crippen LogP contribution in [-0.2, 0) is 14.8 Å². The van der Waals surface area contributed by atoms with E-state index in [1.54, 1.807) is 0 Å². The van der Waals surface area contributed by atoms with Crippen LogP contribution in [0.2, 0.25) is 0 Å². The second-order valence-electron chi connectivity index (χ2n) is 2.72. The number of nitrogens with one attached hydrogen (secondary N) is 1. The zero-order valence-electron chi connectivity index (χ0n) is 8.28. The first-order chi connectivity index (χ1) is 6.84. The van der Waals surface area contributed by atoms with E-state index in [0.717, 1.165) is 11.8 Å². The lowest BCUT2D eigenvalue weighted by atomic mass is 10.6. The fraction of sp³-hybridized carbons (Fsp3) is 0.600. The van der Waals surface area contributed by atoms with E-state index in [1.165, 1.54) is 12.1 Å². The molecule has 0 spiro atoms. The number of sulfonamides is 1. The van der Waals surface area contributed by atoms with E-state index in [1.807, 2.05) is 0 Å². The molecule has 0 aromatic rings. The summed E-state index contributed by atoms with van der Waals surface area (Å²) in [5.41, 5.74) is 7.60. The number of halogens is 1. The minimum atomic E-state index is -3.72. The van der Waals surface area contributed by atoms with Crippen molar-refractivity contribution in [3.63, 3.8) is 0 Å². The van der Waals surface area contributed by atoms with Crippen molar-refractivity contribution in [1.82, 2.24) is 10.4 Å². The number of nitrogens with zero attached hydrogens (tertiary/aromatic N) is 2. The van der Waals surface area contributed by atoms with Crippen LogP contribution in [0.15, 0.2) is 4.99 Å². The van der Waals surface area contributed by atoms with Crippen molar-refractivity contribution in [3.8, 4) is 0 Å². The summed E-state index contributed by atoms with van der Waals surface area (Å²) >= 11 is 0.845. The number of primary sulfonamides is 1. The first kappa shape index (κ1) is 15.8. The molecule has 0 saturated carbocycles. The quantitative estimate of drug-likeness (QED) is 0.541. The van der Waals surface area contributed by atoms with Crippen LogP contribution in [0.4, 0.5) is 0 Å². The van der Waals surface area contributed by atoms with Gasteiger partial charge < -0.3 is 5.73 Å². The molecule has 0 aromatic carbocycles. The van der Waals surface area contributed by atoms with Crippen LogP contribution in [-0.4, -0.2) is 42.8 Å². The summed E-state index contributed by atoms with van der Waals surface area (Å²) in [5, 5.41) is 6.47. The summed E-state index contributed by atoms with van der Waals surface area (Å²) < 4.78 is 20.9. The maximum Gasteiger partial charge on any atom is 0.261 e. The van der Waals surface area contributed by atoms with Crippen LogP contribution >= 0.6 is 28.7 Å². The smallest absolute Gasteiger partial charge is 0.261 e. The van der Waals surface area contributed by atoms with E-state index in [-0.39, 0.29) is 28.7 Å². The summed E-state index contributed by atoms with van der Waals surface area (Å²) in [6.07, 6.45) is 0. The topological polar surface area (TPSA) is 131 Å². The molecule has 1 saturated heterocycles. The summed E-state index contributed by atoms with van der Waals surface area (Å²) in [7, 11) is -2.20. The summed E-state index contributed by atoms with van der Waals surface area (Å²) in [4.78, 5) is 14.5. The van der Waals surface area contributed by atoms with Gasteiger partial charge >= 0.3 is 0 Å². The zero-order chi connectivity index (χ0) is 11.6. The Labute approximate surface area is 108 Å². The normalized spacial score (nSPS) is 23.3. The molecule has 1 fully saturated rings. The van der Waals surface area contributed by atoms with Gasteiger partial charge in [0.15, 0.2) is 9.87 Å². The number of hydrogen-bond donors (Lipinski definition) is 3. The average Bonchev–Trinajstić information content (AvgIpc) is 2.47. The number of nitrogens with two attached hydrogens (primary N) is 2. The number of amidine groups is 1. The van der Waals surface area contributed by atoms with Crippen LogP contribution < -0.4 is 16.3 Å². The third kappa shape index (κ3) is 3.99. The number of hydrazine groups is 1. The summed E-state index contributed by atoms with van der Waals surface area (Å²) in [5.74, 6) is -0.527. The Bertz CT molecular complexity index is 397. The minimum Gasteiger partial charge on any atom is -0.322 e. The Morgan fingerprint density at radius 2 is 2.25 bits per heavy atom. The standard InChI is InChI=1S/C5H11N5O3S2.BrH/c1-10-4(8-3(11)2-6)14-5(9-10)15(7,12)13;/h5,9H,2,6H2,1H3,(H2,7,12,13);1H. The molecule has 1 atom stereocenters. The number of carbonyl (C=O) groups is 1. The number of aliphatic imine (C=N–C) groups is 1. The highest BCUT2D eigenvalue weighted by atomic mass is 79.9. The second-order valence-corrected chi connectivity index (χ2v) is 5.74. The van der Waals surface area contributed by atoms with Gasteiger partial charge in [-0.25, -0.2) is 19.0 Å². The molecule has 16 heavy (non-hydrogen) atoms. The predicted octanol–water partition coefficient (Wildman–Crippen LogP) is -1.84. The van der Waals surface area contributed by atoms with Gasteiger partial charge in [0, 0.05) is 7.05 Å². The Hall–Kier alpha value is -0.200. The van der Waals surface area contributed by atoms with Crippen LogP contribution in [0.3, 0.4) is 0 Å². The molecule has 1 amide bonds. The Kier molecular flexibility index (Phi) is 5.86. The van der Waals surface area contributed by atoms with Gasteiger partial charge in [-0.3, -0.25) is 9.80 Å². The lowest BCUT2D eigenvalue weighted by Gasteiger charge is -2.10. The van der Waals surface area contributed by atoms with Gasteiger partial charge in [0.05, 0.1) is 6.54 Å². The summed E-state index contributed by atoms with van der Waals surface area (Å²) in [6.45, 7) is -0.224. The fourth-order valence-electron chi connectivity index (χ4n) is 0.809. The number of carbonyl (C=O) groups excluding carboxylic acids is 1. The molecule has 0 bridgehead atoms. The molecule has 1 rings (SSSR count). The van der Waals surface area contributed by atoms with Gasteiger partial charge in [0.2, 0.25) is 10.0 Å². The molecule has 1 aliphatic heterocycles. The molecule has 8 nitrogen and oxygen atoms in total. The lowest BCUT2D eigenvalue weighted by molar-refractivity contribution is -0.116. The number of hydrogen-bond acceptors (Lipinski definition) is 6. The molecule has 94 valence electrons. The van der Waals surface area contributed by atoms with Crippen molar-refractivity contribution >= 4 is 49.8 Å². The van der Waals surface area contributed by atoms with E-state index in [2.05, 4.69) is 10.4 Å². The molecule has 0 aromatic heterocycles. The monoisotopic (exact) mass is 333 g/mol. The first-order valence-corrected chi connectivity index (χ1v) is 6.33. The van der Waals surface area contributed by atoms with E-state index >= 15 is 0 Å². The Morgan fingerprint density at radius 1 is 1.69 bits per heavy atom. The predicted molar refractivity (Wildman–Crippen MR) is 67.2 cm³/mol. The third-order valence-electron chi connectivity index (χ3n) is 1.49. The van der Waals surface area contributed by atoms with Crippen molar-refractivity contribution in [1.29, 1.82) is 0 Å². The molecule has 5 N–H and O–H groups in total. The van der Waals surface area contributed by atoms with Crippen LogP contribution in [0.1, 0.15) is 0 Å². The van der Waals surface area contributed by atoms with Crippen molar-refractivity contribution in [2.45, 2.75) is 4.71 Å². The molecule has 0 aliphatic carbocycles. The second kappa shape index (κ2) is 5.93. The van der Waals surface area contributed by atoms with Crippen molar-refractivity contribution in [3.05, 3.63) is 0 Å². The van der Waals surface area contributed by atoms with Gasteiger partial charge in [-0.2, -0.15) is 4.99 Å². The minimum absolute atomic E-state index is 0. The summed E-state index contributed by atoms with van der Waals surface area (Å²) in [6, 6.07) is 0. The highest BCUT2D eigenvalue weighted by Crippen LogP contribution is 2.22. The molecular formula is C5H12BrN5O3S2. The maximum atomic E-state index is 11.0. The number of rotatable bonds is 2. The first-order valence-electron chi connectivity index (χ1n) is 3.84. The van der Waals surface area contributed by atoms with Crippen LogP contribution in [0.5, 0.6) is 0 Å². The van der Waals surface area contributed by atoms with E-state index in [9.17, 15) is 13.2 Å². The molecule has 11 heteroatoms. The highest BCUT2D eigenvalue weighted by molar-refractivity contribution is 8.93. The largest absolute Gasteiger partial charge is 0.322 e. The van der Waals surface area contributed by atoms with Gasteiger partial charge in [0.25, 0.3) is 5.91 Å². The lowest BCUT2D eigenvalue weighted by Crippen LogP contribution is -2.40. The molecule has 0 radical (unpaired) electrons. The molecule has 1 aliphatic rings. The number of thioether (sulfide) groups is 1. The van der Waals surface area contributed by atoms with Crippen LogP contribution in [0.25, 0.3) is 0 Å². The average molecular weight is 334 g/mol. The third-order valence-corrected chi connectivity index (χ3v) is 4.18. The zero-order valence-corrected chi connectivity index (χ0v) is 11.6. The van der Waals surface area contributed by atoms with Crippen LogP contribution in [0, 0.1) is 0 Å². The van der Waals surface area contributed by atoms with Gasteiger partial charge in [-0.05, 0) is 11.8 Å². The van der Waals surface area contributed by atoms with Crippen molar-refractivity contribution < 1.29 is 13.2 Å². The van der Waals surface area contributed by atoms with E-state index in [0.29, 0.717) is 0 Å². The van der Waals surface area contributed by atoms with Gasteiger partial charge in [-0.1, -0.05) is 0 Å². The Balaban J connectivity index is 0.00000225. The van der Waals surface area contributed by atoms with Gasteiger partial charge in [-0.15, -0.1) is 17.0 Å².